The lowest BCUT2D eigenvalue weighted by Gasteiger charge is -2.37. The first-order valence-corrected chi connectivity index (χ1v) is 12.4. The standard InChI is InChI=1S/C21H27N7O4S/c1-21(5-6-21)24-33(31,32)14-12-15-18(28-17(4-7-22-28)23-19(15)29)16(13-14)26-8-10-27(11-9-26)20(30)25(2)3/h4,7,12-13,24H,5-6,8-11H2,1-3H3,(H,23,29). The third-order valence-electron chi connectivity index (χ3n) is 6.37. The number of carbonyl (C=O) groups excluding carboxylic acids is 1. The SMILES string of the molecule is CN(C)C(=O)N1CCN(c2cc(S(=O)(=O)NC3(C)CC3)cc3c(=O)[nH]c4ccnn4c23)CC1. The Morgan fingerprint density at radius 3 is 2.52 bits per heavy atom. The summed E-state index contributed by atoms with van der Waals surface area (Å²) in [5, 5.41) is 4.60. The fraction of sp³-hybridized carbons (Fsp3) is 0.476. The molecule has 3 aromatic rings. The second kappa shape index (κ2) is 7.45. The lowest BCUT2D eigenvalue weighted by molar-refractivity contribution is 0.168. The zero-order valence-electron chi connectivity index (χ0n) is 18.8. The second-order valence-corrected chi connectivity index (χ2v) is 10.9. The number of nitrogens with one attached hydrogen (secondary N) is 2. The maximum atomic E-state index is 13.2. The number of anilines is 1. The minimum Gasteiger partial charge on any atom is -0.366 e. The third kappa shape index (κ3) is 3.82. The van der Waals surface area contributed by atoms with E-state index >= 15 is 0 Å². The van der Waals surface area contributed by atoms with Gasteiger partial charge in [0.2, 0.25) is 10.0 Å². The predicted octanol–water partition coefficient (Wildman–Crippen LogP) is 0.810. The molecule has 1 saturated heterocycles. The van der Waals surface area contributed by atoms with E-state index in [1.165, 1.54) is 11.0 Å². The largest absolute Gasteiger partial charge is 0.366 e. The van der Waals surface area contributed by atoms with E-state index in [1.54, 1.807) is 41.8 Å². The highest BCUT2D eigenvalue weighted by atomic mass is 32.2. The van der Waals surface area contributed by atoms with E-state index in [9.17, 15) is 18.0 Å². The molecule has 2 amide bonds. The molecule has 0 bridgehead atoms. The molecule has 1 saturated carbocycles. The molecule has 0 atom stereocenters. The summed E-state index contributed by atoms with van der Waals surface area (Å²) in [6.45, 7) is 3.83. The predicted molar refractivity (Wildman–Crippen MR) is 124 cm³/mol. The van der Waals surface area contributed by atoms with E-state index in [0.29, 0.717) is 43.0 Å². The van der Waals surface area contributed by atoms with Crippen LogP contribution in [0.1, 0.15) is 19.8 Å². The van der Waals surface area contributed by atoms with Crippen molar-refractivity contribution in [3.8, 4) is 0 Å². The number of benzene rings is 1. The van der Waals surface area contributed by atoms with Gasteiger partial charge in [0.05, 0.1) is 22.2 Å². The number of carbonyl (C=O) groups is 1. The highest BCUT2D eigenvalue weighted by molar-refractivity contribution is 7.89. The summed E-state index contributed by atoms with van der Waals surface area (Å²) < 4.78 is 30.8. The summed E-state index contributed by atoms with van der Waals surface area (Å²) in [6.07, 6.45) is 3.15. The lowest BCUT2D eigenvalue weighted by atomic mass is 10.1. The van der Waals surface area contributed by atoms with Crippen molar-refractivity contribution in [2.75, 3.05) is 45.2 Å². The molecule has 176 valence electrons. The number of hydrogen-bond donors (Lipinski definition) is 2. The normalized spacial score (nSPS) is 18.2. The van der Waals surface area contributed by atoms with E-state index in [-0.39, 0.29) is 21.9 Å². The molecule has 0 spiro atoms. The molecule has 0 unspecified atom stereocenters. The van der Waals surface area contributed by atoms with E-state index in [4.69, 9.17) is 0 Å². The Bertz CT molecular complexity index is 1410. The summed E-state index contributed by atoms with van der Waals surface area (Å²) in [5.74, 6) is 0. The topological polar surface area (TPSA) is 123 Å². The average molecular weight is 474 g/mol. The van der Waals surface area contributed by atoms with Crippen molar-refractivity contribution in [3.05, 3.63) is 34.7 Å². The van der Waals surface area contributed by atoms with Crippen molar-refractivity contribution >= 4 is 38.3 Å². The molecule has 2 aromatic heterocycles. The summed E-state index contributed by atoms with van der Waals surface area (Å²) in [7, 11) is -0.405. The van der Waals surface area contributed by atoms with Gasteiger partial charge in [0.25, 0.3) is 5.56 Å². The number of nitrogens with zero attached hydrogens (tertiary/aromatic N) is 5. The van der Waals surface area contributed by atoms with E-state index in [0.717, 1.165) is 12.8 Å². The summed E-state index contributed by atoms with van der Waals surface area (Å²) >= 11 is 0. The molecule has 3 heterocycles. The Morgan fingerprint density at radius 2 is 1.88 bits per heavy atom. The maximum absolute atomic E-state index is 13.2. The first-order chi connectivity index (χ1) is 15.6. The van der Waals surface area contributed by atoms with Gasteiger partial charge in [-0.3, -0.25) is 4.79 Å². The van der Waals surface area contributed by atoms with Crippen LogP contribution in [0.4, 0.5) is 10.5 Å². The molecule has 2 aliphatic rings. The summed E-state index contributed by atoms with van der Waals surface area (Å²) in [6, 6.07) is 4.65. The van der Waals surface area contributed by atoms with Crippen molar-refractivity contribution in [2.45, 2.75) is 30.2 Å². The molecule has 1 aliphatic carbocycles. The van der Waals surface area contributed by atoms with Crippen molar-refractivity contribution in [2.24, 2.45) is 0 Å². The highest BCUT2D eigenvalue weighted by Gasteiger charge is 2.41. The maximum Gasteiger partial charge on any atom is 0.319 e. The number of amides is 2. The molecule has 0 radical (unpaired) electrons. The molecule has 33 heavy (non-hydrogen) atoms. The first-order valence-electron chi connectivity index (χ1n) is 10.9. The van der Waals surface area contributed by atoms with Crippen LogP contribution in [-0.2, 0) is 10.0 Å². The van der Waals surface area contributed by atoms with E-state index in [2.05, 4.69) is 14.8 Å². The number of rotatable bonds is 4. The molecule has 5 rings (SSSR count). The zero-order chi connectivity index (χ0) is 23.5. The number of aromatic nitrogens is 3. The van der Waals surface area contributed by atoms with Gasteiger partial charge in [0.15, 0.2) is 0 Å². The van der Waals surface area contributed by atoms with Gasteiger partial charge in [-0.2, -0.15) is 5.10 Å². The summed E-state index contributed by atoms with van der Waals surface area (Å²) in [5.41, 5.74) is 0.850. The Kier molecular flexibility index (Phi) is 4.90. The number of hydrogen-bond acceptors (Lipinski definition) is 6. The van der Waals surface area contributed by atoms with Gasteiger partial charge in [0.1, 0.15) is 11.2 Å². The van der Waals surface area contributed by atoms with Crippen molar-refractivity contribution in [1.82, 2.24) is 29.1 Å². The van der Waals surface area contributed by atoms with Crippen LogP contribution < -0.4 is 15.2 Å². The third-order valence-corrected chi connectivity index (χ3v) is 7.99. The van der Waals surface area contributed by atoms with Crippen LogP contribution in [0.15, 0.2) is 34.1 Å². The zero-order valence-corrected chi connectivity index (χ0v) is 19.6. The number of sulfonamides is 1. The number of urea groups is 1. The quantitative estimate of drug-likeness (QED) is 0.578. The van der Waals surface area contributed by atoms with E-state index < -0.39 is 15.6 Å². The number of piperazine rings is 1. The van der Waals surface area contributed by atoms with Gasteiger partial charge in [0, 0.05) is 51.9 Å². The van der Waals surface area contributed by atoms with Gasteiger partial charge in [-0.05, 0) is 31.9 Å². The van der Waals surface area contributed by atoms with Crippen molar-refractivity contribution in [3.63, 3.8) is 0 Å². The first kappa shape index (κ1) is 21.7. The molecule has 1 aliphatic heterocycles. The monoisotopic (exact) mass is 473 g/mol. The van der Waals surface area contributed by atoms with E-state index in [1.807, 2.05) is 11.8 Å². The molecular weight excluding hydrogens is 446 g/mol. The molecule has 12 heteroatoms. The molecule has 1 aromatic carbocycles. The van der Waals surface area contributed by atoms with Gasteiger partial charge in [-0.25, -0.2) is 22.4 Å². The number of H-pyrrole nitrogens is 1. The van der Waals surface area contributed by atoms with Crippen LogP contribution in [0.25, 0.3) is 16.6 Å². The average Bonchev–Trinajstić information content (AvgIpc) is 3.30. The molecule has 2 N–H and O–H groups in total. The second-order valence-electron chi connectivity index (χ2n) is 9.24. The Balaban J connectivity index is 1.63. The highest BCUT2D eigenvalue weighted by Crippen LogP contribution is 2.37. The number of fused-ring (bicyclic) bond motifs is 3. The van der Waals surface area contributed by atoms with Crippen LogP contribution in [0.5, 0.6) is 0 Å². The minimum atomic E-state index is -3.83. The fourth-order valence-corrected chi connectivity index (χ4v) is 5.75. The van der Waals surface area contributed by atoms with Gasteiger partial charge in [-0.1, -0.05) is 0 Å². The van der Waals surface area contributed by atoms with Crippen molar-refractivity contribution in [1.29, 1.82) is 0 Å². The molecule has 11 nitrogen and oxygen atoms in total. The van der Waals surface area contributed by atoms with Gasteiger partial charge >= 0.3 is 6.03 Å². The molecular formula is C21H27N7O4S. The smallest absolute Gasteiger partial charge is 0.319 e. The Morgan fingerprint density at radius 1 is 1.18 bits per heavy atom. The Labute approximate surface area is 191 Å². The minimum absolute atomic E-state index is 0.0435. The van der Waals surface area contributed by atoms with Crippen LogP contribution in [-0.4, -0.2) is 84.7 Å². The fourth-order valence-electron chi connectivity index (χ4n) is 4.24. The van der Waals surface area contributed by atoms with Crippen LogP contribution >= 0.6 is 0 Å². The summed E-state index contributed by atoms with van der Waals surface area (Å²) in [4.78, 5) is 33.4. The van der Waals surface area contributed by atoms with Gasteiger partial charge in [-0.15, -0.1) is 0 Å². The van der Waals surface area contributed by atoms with Crippen molar-refractivity contribution < 1.29 is 13.2 Å². The van der Waals surface area contributed by atoms with Crippen LogP contribution in [0.2, 0.25) is 0 Å². The van der Waals surface area contributed by atoms with Crippen LogP contribution in [0, 0.1) is 0 Å². The molecule has 2 fully saturated rings. The number of aromatic amines is 1. The lowest BCUT2D eigenvalue weighted by Crippen LogP contribution is -2.51. The van der Waals surface area contributed by atoms with Gasteiger partial charge < -0.3 is 19.7 Å². The van der Waals surface area contributed by atoms with Crippen LogP contribution in [0.3, 0.4) is 0 Å². The Hall–Kier alpha value is -3.12.